The van der Waals surface area contributed by atoms with E-state index in [1.165, 1.54) is 72.8 Å². The SMILES string of the molecule is Cc1cc(Nc2cc(S(=O)(=O)O)cc3cccc(O)c23)ccc1C(=O)NC(=O)NC(=O)c1ccc(Nc2cc(S(=O)(=O)O)cc3cccc(O)c23)cc1C. The Balaban J connectivity index is 1.14. The number of phenolic OH excluding ortho intramolecular Hbond substituents is 2. The van der Waals surface area contributed by atoms with Gasteiger partial charge in [-0.2, -0.15) is 16.8 Å². The lowest BCUT2D eigenvalue weighted by Gasteiger charge is -2.15. The van der Waals surface area contributed by atoms with Gasteiger partial charge in [0.15, 0.2) is 0 Å². The second-order valence-corrected chi connectivity index (χ2v) is 15.0. The number of aryl methyl sites for hydroxylation is 2. The Hall–Kier alpha value is -6.53. The minimum atomic E-state index is -4.59. The molecular weight excluding hydrogens is 741 g/mol. The maximum absolute atomic E-state index is 13.0. The van der Waals surface area contributed by atoms with Gasteiger partial charge in [-0.05, 0) is 109 Å². The summed E-state index contributed by atoms with van der Waals surface area (Å²) in [6, 6.07) is 21.4. The number of aromatic hydroxyl groups is 2. The third kappa shape index (κ3) is 7.79. The van der Waals surface area contributed by atoms with Crippen molar-refractivity contribution >= 4 is 82.4 Å². The van der Waals surface area contributed by atoms with E-state index in [9.17, 15) is 50.5 Å². The van der Waals surface area contributed by atoms with Crippen LogP contribution in [0.2, 0.25) is 0 Å². The predicted octanol–water partition coefficient (Wildman–Crippen LogP) is 6.28. The molecule has 0 saturated heterocycles. The number of benzene rings is 6. The Morgan fingerprint density at radius 2 is 0.926 bits per heavy atom. The van der Waals surface area contributed by atoms with Gasteiger partial charge in [-0.3, -0.25) is 29.3 Å². The summed E-state index contributed by atoms with van der Waals surface area (Å²) in [5.74, 6) is -1.96. The molecule has 0 fully saturated rings. The van der Waals surface area contributed by atoms with Crippen molar-refractivity contribution in [2.24, 2.45) is 0 Å². The monoisotopic (exact) mass is 770 g/mol. The summed E-state index contributed by atoms with van der Waals surface area (Å²) in [7, 11) is -9.17. The number of carbonyl (C=O) groups excluding carboxylic acids is 3. The van der Waals surface area contributed by atoms with Crippen LogP contribution in [0, 0.1) is 13.8 Å². The Morgan fingerprint density at radius 1 is 0.537 bits per heavy atom. The molecule has 0 saturated carbocycles. The highest BCUT2D eigenvalue weighted by molar-refractivity contribution is 7.86. The normalized spacial score (nSPS) is 11.6. The van der Waals surface area contributed by atoms with Crippen molar-refractivity contribution in [1.29, 1.82) is 0 Å². The highest BCUT2D eigenvalue weighted by Crippen LogP contribution is 2.37. The highest BCUT2D eigenvalue weighted by atomic mass is 32.2. The number of carbonyl (C=O) groups is 3. The minimum absolute atomic E-state index is 0.0748. The molecule has 8 N–H and O–H groups in total. The van der Waals surface area contributed by atoms with E-state index in [-0.39, 0.29) is 44.8 Å². The first-order valence-electron chi connectivity index (χ1n) is 15.8. The van der Waals surface area contributed by atoms with Crippen LogP contribution in [-0.4, -0.2) is 54.0 Å². The third-order valence-corrected chi connectivity index (χ3v) is 10.1. The van der Waals surface area contributed by atoms with E-state index >= 15 is 0 Å². The predicted molar refractivity (Wildman–Crippen MR) is 200 cm³/mol. The molecule has 0 aliphatic heterocycles. The first-order chi connectivity index (χ1) is 25.4. The molecule has 17 heteroatoms. The molecule has 0 heterocycles. The topological polar surface area (TPSA) is 249 Å². The molecule has 276 valence electrons. The molecule has 0 atom stereocenters. The van der Waals surface area contributed by atoms with E-state index in [2.05, 4.69) is 21.3 Å². The van der Waals surface area contributed by atoms with Crippen LogP contribution in [-0.2, 0) is 20.2 Å². The summed E-state index contributed by atoms with van der Waals surface area (Å²) in [6.45, 7) is 3.16. The number of fused-ring (bicyclic) bond motifs is 2. The van der Waals surface area contributed by atoms with E-state index in [4.69, 9.17) is 0 Å². The number of amides is 4. The van der Waals surface area contributed by atoms with Crippen LogP contribution in [0.5, 0.6) is 11.5 Å². The van der Waals surface area contributed by atoms with Gasteiger partial charge >= 0.3 is 6.03 Å². The number of phenols is 2. The number of hydrogen-bond donors (Lipinski definition) is 8. The quantitative estimate of drug-likeness (QED) is 0.0795. The fourth-order valence-electron chi connectivity index (χ4n) is 5.93. The van der Waals surface area contributed by atoms with E-state index in [0.29, 0.717) is 33.3 Å². The number of hydrogen-bond acceptors (Lipinski definition) is 11. The summed E-state index contributed by atoms with van der Waals surface area (Å²) in [5, 5.41) is 32.4. The van der Waals surface area contributed by atoms with Crippen molar-refractivity contribution in [3.05, 3.63) is 119 Å². The zero-order valence-corrected chi connectivity index (χ0v) is 29.8. The maximum Gasteiger partial charge on any atom is 0.328 e. The Kier molecular flexibility index (Phi) is 9.74. The number of rotatable bonds is 8. The average molecular weight is 771 g/mol. The van der Waals surface area contributed by atoms with Crippen LogP contribution >= 0.6 is 0 Å². The van der Waals surface area contributed by atoms with Crippen LogP contribution in [0.3, 0.4) is 0 Å². The van der Waals surface area contributed by atoms with Crippen LogP contribution in [0.15, 0.2) is 107 Å². The molecule has 6 rings (SSSR count). The van der Waals surface area contributed by atoms with Crippen LogP contribution in [0.25, 0.3) is 21.5 Å². The molecule has 0 bridgehead atoms. The number of urea groups is 1. The van der Waals surface area contributed by atoms with Crippen molar-refractivity contribution in [2.45, 2.75) is 23.6 Å². The van der Waals surface area contributed by atoms with Crippen LogP contribution < -0.4 is 21.3 Å². The van der Waals surface area contributed by atoms with Gasteiger partial charge in [-0.1, -0.05) is 24.3 Å². The smallest absolute Gasteiger partial charge is 0.328 e. The summed E-state index contributed by atoms with van der Waals surface area (Å²) < 4.78 is 66.8. The summed E-state index contributed by atoms with van der Waals surface area (Å²) in [4.78, 5) is 37.9. The molecule has 4 amide bonds. The van der Waals surface area contributed by atoms with E-state index in [1.807, 2.05) is 0 Å². The largest absolute Gasteiger partial charge is 0.507 e. The summed E-state index contributed by atoms with van der Waals surface area (Å²) in [5.41, 5.74) is 2.00. The molecule has 6 aromatic rings. The Labute approximate surface area is 307 Å². The van der Waals surface area contributed by atoms with E-state index in [1.54, 1.807) is 26.0 Å². The van der Waals surface area contributed by atoms with Gasteiger partial charge in [0.05, 0.1) is 21.2 Å². The molecular formula is C37H30N4O11S2. The van der Waals surface area contributed by atoms with Crippen LogP contribution in [0.4, 0.5) is 27.5 Å². The second kappa shape index (κ2) is 14.1. The molecule has 0 aliphatic carbocycles. The molecule has 0 aliphatic rings. The van der Waals surface area contributed by atoms with Crippen molar-refractivity contribution < 1.29 is 50.5 Å². The number of imide groups is 2. The number of nitrogens with one attached hydrogen (secondary N) is 4. The lowest BCUT2D eigenvalue weighted by atomic mass is 10.1. The maximum atomic E-state index is 13.0. The van der Waals surface area contributed by atoms with E-state index < -0.39 is 47.9 Å². The van der Waals surface area contributed by atoms with E-state index in [0.717, 1.165) is 12.1 Å². The van der Waals surface area contributed by atoms with Gasteiger partial charge in [0.2, 0.25) is 0 Å². The molecule has 54 heavy (non-hydrogen) atoms. The number of anilines is 4. The molecule has 0 aromatic heterocycles. The van der Waals surface area contributed by atoms with Gasteiger partial charge in [0.1, 0.15) is 11.5 Å². The van der Waals surface area contributed by atoms with Gasteiger partial charge < -0.3 is 20.8 Å². The van der Waals surface area contributed by atoms with Crippen molar-refractivity contribution in [3.8, 4) is 11.5 Å². The van der Waals surface area contributed by atoms with Crippen LogP contribution in [0.1, 0.15) is 31.8 Å². The van der Waals surface area contributed by atoms with Gasteiger partial charge in [0.25, 0.3) is 32.1 Å². The van der Waals surface area contributed by atoms with Crippen molar-refractivity contribution in [3.63, 3.8) is 0 Å². The lowest BCUT2D eigenvalue weighted by molar-refractivity contribution is 0.0944. The zero-order valence-electron chi connectivity index (χ0n) is 28.2. The standard InChI is InChI=1S/C37H30N4O11S2/c1-19-13-23(38-29-17-25(53(47,48)49)15-21-5-3-7-31(42)33(21)29)9-11-27(19)35(44)40-37(46)41-36(45)28-12-10-24(14-20(28)2)39-30-18-26(54(50,51)52)16-22-6-4-8-32(43)34(22)30/h3-18,38-39,42-43H,1-2H3,(H,47,48,49)(H,50,51,52)(H2,40,41,44,45,46). The highest BCUT2D eigenvalue weighted by Gasteiger charge is 2.20. The zero-order chi connectivity index (χ0) is 39.1. The second-order valence-electron chi connectivity index (χ2n) is 12.2. The molecule has 15 nitrogen and oxygen atoms in total. The molecule has 0 unspecified atom stereocenters. The molecule has 0 spiro atoms. The summed E-state index contributed by atoms with van der Waals surface area (Å²) in [6.07, 6.45) is 0. The lowest BCUT2D eigenvalue weighted by Crippen LogP contribution is -2.42. The molecule has 6 aromatic carbocycles. The minimum Gasteiger partial charge on any atom is -0.507 e. The fraction of sp³-hybridized carbons (Fsp3) is 0.0541. The first-order valence-corrected chi connectivity index (χ1v) is 18.7. The fourth-order valence-corrected chi connectivity index (χ4v) is 7.02. The van der Waals surface area contributed by atoms with Crippen molar-refractivity contribution in [1.82, 2.24) is 10.6 Å². The molecule has 0 radical (unpaired) electrons. The van der Waals surface area contributed by atoms with Gasteiger partial charge in [0, 0.05) is 33.3 Å². The summed E-state index contributed by atoms with van der Waals surface area (Å²) >= 11 is 0. The third-order valence-electron chi connectivity index (χ3n) is 8.41. The van der Waals surface area contributed by atoms with Crippen molar-refractivity contribution in [2.75, 3.05) is 10.6 Å². The Bertz CT molecular complexity index is 2600. The van der Waals surface area contributed by atoms with Gasteiger partial charge in [-0.25, -0.2) is 4.79 Å². The average Bonchev–Trinajstić information content (AvgIpc) is 3.07. The first kappa shape index (κ1) is 37.2. The Morgan fingerprint density at radius 3 is 1.28 bits per heavy atom. The van der Waals surface area contributed by atoms with Gasteiger partial charge in [-0.15, -0.1) is 0 Å².